The van der Waals surface area contributed by atoms with E-state index in [1.807, 2.05) is 6.92 Å². The minimum absolute atomic E-state index is 0.112. The lowest BCUT2D eigenvalue weighted by molar-refractivity contribution is 0.0691. The first kappa shape index (κ1) is 13.8. The van der Waals surface area contributed by atoms with Crippen molar-refractivity contribution in [3.05, 3.63) is 22.8 Å². The molecule has 1 aromatic heterocycles. The summed E-state index contributed by atoms with van der Waals surface area (Å²) in [7, 11) is 0. The SMILES string of the molecule is CCCCC(C)Nc1ccc(Cl)c(C(=O)O)n1. The Kier molecular flexibility index (Phi) is 5.22. The predicted octanol–water partition coefficient (Wildman–Crippen LogP) is 3.42. The lowest BCUT2D eigenvalue weighted by atomic mass is 10.1. The van der Waals surface area contributed by atoms with E-state index in [4.69, 9.17) is 16.7 Å². The van der Waals surface area contributed by atoms with E-state index in [0.29, 0.717) is 5.82 Å². The van der Waals surface area contributed by atoms with Gasteiger partial charge >= 0.3 is 5.97 Å². The first-order valence-electron chi connectivity index (χ1n) is 5.71. The summed E-state index contributed by atoms with van der Waals surface area (Å²) in [5.74, 6) is -0.560. The summed E-state index contributed by atoms with van der Waals surface area (Å²) in [6.45, 7) is 4.18. The van der Waals surface area contributed by atoms with Crippen molar-refractivity contribution in [2.24, 2.45) is 0 Å². The number of nitrogens with one attached hydrogen (secondary N) is 1. The van der Waals surface area contributed by atoms with Gasteiger partial charge in [0.2, 0.25) is 0 Å². The zero-order chi connectivity index (χ0) is 12.8. The molecule has 0 aliphatic carbocycles. The van der Waals surface area contributed by atoms with Crippen LogP contribution in [0.5, 0.6) is 0 Å². The monoisotopic (exact) mass is 256 g/mol. The molecule has 0 fully saturated rings. The Bertz CT molecular complexity index is 396. The van der Waals surface area contributed by atoms with Crippen LogP contribution in [0.3, 0.4) is 0 Å². The Morgan fingerprint density at radius 3 is 2.88 bits per heavy atom. The van der Waals surface area contributed by atoms with E-state index in [1.54, 1.807) is 12.1 Å². The molecule has 0 bridgehead atoms. The maximum Gasteiger partial charge on any atom is 0.356 e. The van der Waals surface area contributed by atoms with Crippen LogP contribution in [0.15, 0.2) is 12.1 Å². The molecule has 4 nitrogen and oxygen atoms in total. The summed E-state index contributed by atoms with van der Waals surface area (Å²) >= 11 is 5.74. The molecular weight excluding hydrogens is 240 g/mol. The van der Waals surface area contributed by atoms with Gasteiger partial charge in [-0.1, -0.05) is 31.4 Å². The first-order chi connectivity index (χ1) is 8.04. The zero-order valence-corrected chi connectivity index (χ0v) is 10.8. The van der Waals surface area contributed by atoms with Crippen molar-refractivity contribution in [1.82, 2.24) is 4.98 Å². The standard InChI is InChI=1S/C12H17ClN2O2/c1-3-4-5-8(2)14-10-7-6-9(13)11(15-10)12(16)17/h6-8H,3-5H2,1-2H3,(H,14,15)(H,16,17). The molecule has 5 heteroatoms. The minimum Gasteiger partial charge on any atom is -0.476 e. The van der Waals surface area contributed by atoms with Crippen LogP contribution in [0.25, 0.3) is 0 Å². The molecule has 0 saturated heterocycles. The van der Waals surface area contributed by atoms with E-state index in [0.717, 1.165) is 19.3 Å². The van der Waals surface area contributed by atoms with E-state index in [1.165, 1.54) is 0 Å². The number of hydrogen-bond acceptors (Lipinski definition) is 3. The van der Waals surface area contributed by atoms with Gasteiger partial charge in [-0.3, -0.25) is 0 Å². The highest BCUT2D eigenvalue weighted by atomic mass is 35.5. The van der Waals surface area contributed by atoms with E-state index in [-0.39, 0.29) is 16.8 Å². The molecule has 0 aliphatic heterocycles. The number of aromatic nitrogens is 1. The number of aromatic carboxylic acids is 1. The molecule has 1 rings (SSSR count). The van der Waals surface area contributed by atoms with E-state index in [9.17, 15) is 4.79 Å². The lowest BCUT2D eigenvalue weighted by Crippen LogP contribution is -2.16. The Balaban J connectivity index is 2.72. The van der Waals surface area contributed by atoms with Crippen LogP contribution >= 0.6 is 11.6 Å². The second kappa shape index (κ2) is 6.45. The molecule has 1 atom stereocenters. The molecule has 0 saturated carbocycles. The Hall–Kier alpha value is -1.29. The Labute approximate surface area is 106 Å². The number of nitrogens with zero attached hydrogens (tertiary/aromatic N) is 1. The largest absolute Gasteiger partial charge is 0.476 e. The number of halogens is 1. The maximum atomic E-state index is 10.9. The fourth-order valence-electron chi connectivity index (χ4n) is 1.51. The van der Waals surface area contributed by atoms with Crippen LogP contribution in [-0.4, -0.2) is 22.1 Å². The Morgan fingerprint density at radius 1 is 1.59 bits per heavy atom. The van der Waals surface area contributed by atoms with E-state index >= 15 is 0 Å². The number of unbranched alkanes of at least 4 members (excludes halogenated alkanes) is 1. The van der Waals surface area contributed by atoms with E-state index in [2.05, 4.69) is 17.2 Å². The minimum atomic E-state index is -1.11. The lowest BCUT2D eigenvalue weighted by Gasteiger charge is -2.14. The van der Waals surface area contributed by atoms with Crippen LogP contribution in [0, 0.1) is 0 Å². The van der Waals surface area contributed by atoms with Gasteiger partial charge in [-0.25, -0.2) is 9.78 Å². The van der Waals surface area contributed by atoms with Crippen molar-refractivity contribution < 1.29 is 9.90 Å². The third-order valence-electron chi connectivity index (χ3n) is 2.43. The zero-order valence-electron chi connectivity index (χ0n) is 10.0. The molecule has 0 aliphatic rings. The summed E-state index contributed by atoms with van der Waals surface area (Å²) in [4.78, 5) is 14.8. The normalized spacial score (nSPS) is 12.2. The van der Waals surface area contributed by atoms with Crippen molar-refractivity contribution in [2.75, 3.05) is 5.32 Å². The average Bonchev–Trinajstić information content (AvgIpc) is 2.28. The van der Waals surface area contributed by atoms with Crippen LogP contribution in [0.2, 0.25) is 5.02 Å². The topological polar surface area (TPSA) is 62.2 Å². The summed E-state index contributed by atoms with van der Waals surface area (Å²) in [6.07, 6.45) is 3.30. The molecule has 0 spiro atoms. The second-order valence-electron chi connectivity index (χ2n) is 4.02. The van der Waals surface area contributed by atoms with Gasteiger partial charge in [-0.2, -0.15) is 0 Å². The fraction of sp³-hybridized carbons (Fsp3) is 0.500. The highest BCUT2D eigenvalue weighted by Crippen LogP contribution is 2.17. The van der Waals surface area contributed by atoms with Crippen LogP contribution < -0.4 is 5.32 Å². The van der Waals surface area contributed by atoms with Crippen molar-refractivity contribution >= 4 is 23.4 Å². The van der Waals surface area contributed by atoms with E-state index < -0.39 is 5.97 Å². The summed E-state index contributed by atoms with van der Waals surface area (Å²) < 4.78 is 0. The van der Waals surface area contributed by atoms with Crippen molar-refractivity contribution in [3.8, 4) is 0 Å². The summed E-state index contributed by atoms with van der Waals surface area (Å²) in [6, 6.07) is 3.51. The summed E-state index contributed by atoms with van der Waals surface area (Å²) in [5.41, 5.74) is -0.112. The molecule has 1 unspecified atom stereocenters. The molecule has 2 N–H and O–H groups in total. The van der Waals surface area contributed by atoms with Gasteiger partial charge in [0.15, 0.2) is 5.69 Å². The highest BCUT2D eigenvalue weighted by molar-refractivity contribution is 6.33. The number of rotatable bonds is 6. The van der Waals surface area contributed by atoms with Crippen LogP contribution in [-0.2, 0) is 0 Å². The maximum absolute atomic E-state index is 10.9. The third-order valence-corrected chi connectivity index (χ3v) is 2.74. The van der Waals surface area contributed by atoms with Gasteiger partial charge in [-0.15, -0.1) is 0 Å². The molecule has 17 heavy (non-hydrogen) atoms. The molecule has 94 valence electrons. The molecule has 1 aromatic rings. The number of carboxylic acid groups (broad SMARTS) is 1. The number of pyridine rings is 1. The van der Waals surface area contributed by atoms with Crippen LogP contribution in [0.1, 0.15) is 43.6 Å². The smallest absolute Gasteiger partial charge is 0.356 e. The van der Waals surface area contributed by atoms with Crippen molar-refractivity contribution in [3.63, 3.8) is 0 Å². The molecular formula is C12H17ClN2O2. The molecule has 0 amide bonds. The summed E-state index contributed by atoms with van der Waals surface area (Å²) in [5, 5.41) is 12.2. The average molecular weight is 257 g/mol. The number of anilines is 1. The molecule has 0 aromatic carbocycles. The molecule has 1 heterocycles. The van der Waals surface area contributed by atoms with Crippen molar-refractivity contribution in [1.29, 1.82) is 0 Å². The number of carbonyl (C=O) groups is 1. The van der Waals surface area contributed by atoms with Gasteiger partial charge in [0.1, 0.15) is 5.82 Å². The van der Waals surface area contributed by atoms with Gasteiger partial charge in [-0.05, 0) is 25.5 Å². The van der Waals surface area contributed by atoms with Crippen LogP contribution in [0.4, 0.5) is 5.82 Å². The quantitative estimate of drug-likeness (QED) is 0.819. The highest BCUT2D eigenvalue weighted by Gasteiger charge is 2.12. The number of carboxylic acids is 1. The number of hydrogen-bond donors (Lipinski definition) is 2. The fourth-order valence-corrected chi connectivity index (χ4v) is 1.69. The van der Waals surface area contributed by atoms with Gasteiger partial charge in [0, 0.05) is 6.04 Å². The Morgan fingerprint density at radius 2 is 2.29 bits per heavy atom. The van der Waals surface area contributed by atoms with Gasteiger partial charge in [0.25, 0.3) is 0 Å². The van der Waals surface area contributed by atoms with Gasteiger partial charge in [0.05, 0.1) is 5.02 Å². The third kappa shape index (κ3) is 4.23. The first-order valence-corrected chi connectivity index (χ1v) is 6.08. The second-order valence-corrected chi connectivity index (χ2v) is 4.43. The predicted molar refractivity (Wildman–Crippen MR) is 68.8 cm³/mol. The molecule has 0 radical (unpaired) electrons. The van der Waals surface area contributed by atoms with Crippen molar-refractivity contribution in [2.45, 2.75) is 39.2 Å². The van der Waals surface area contributed by atoms with Gasteiger partial charge < -0.3 is 10.4 Å².